The first-order valence-corrected chi connectivity index (χ1v) is 18.0. The molecule has 236 valence electrons. The van der Waals surface area contributed by atoms with E-state index in [0.29, 0.717) is 12.0 Å². The van der Waals surface area contributed by atoms with Gasteiger partial charge in [-0.1, -0.05) is 140 Å². The van der Waals surface area contributed by atoms with Gasteiger partial charge in [0.25, 0.3) is 0 Å². The Balaban J connectivity index is 1.10. The summed E-state index contributed by atoms with van der Waals surface area (Å²) in [5.41, 5.74) is 20.8. The van der Waals surface area contributed by atoms with Crippen molar-refractivity contribution in [3.8, 4) is 77.9 Å². The van der Waals surface area contributed by atoms with Crippen LogP contribution in [-0.2, 0) is 0 Å². The van der Waals surface area contributed by atoms with Crippen LogP contribution in [0.5, 0.6) is 0 Å². The quantitative estimate of drug-likeness (QED) is 0.202. The molecule has 8 aromatic rings. The van der Waals surface area contributed by atoms with Crippen molar-refractivity contribution >= 4 is 27.2 Å². The zero-order valence-electron chi connectivity index (χ0n) is 27.8. The lowest BCUT2D eigenvalue weighted by Crippen LogP contribution is -2.17. The lowest BCUT2D eigenvalue weighted by molar-refractivity contribution is 0.805. The predicted molar refractivity (Wildman–Crippen MR) is 215 cm³/mol. The van der Waals surface area contributed by atoms with Crippen LogP contribution >= 0.6 is 0 Å². The molecule has 2 atom stereocenters. The zero-order valence-corrected chi connectivity index (χ0v) is 27.8. The molecule has 1 heterocycles. The molecule has 8 aromatic carbocycles. The fraction of sp³-hybridized carbons (Fsp3) is 0.0400. The molecule has 1 nitrogen and oxygen atoms in total. The molecule has 0 saturated heterocycles. The molecule has 0 amide bonds. The molecular formula is C50H31N. The summed E-state index contributed by atoms with van der Waals surface area (Å²) in [6.45, 7) is 0. The molecule has 2 unspecified atom stereocenters. The average Bonchev–Trinajstić information content (AvgIpc) is 3.84. The minimum absolute atomic E-state index is 0.317. The molecule has 1 heteroatoms. The Kier molecular flexibility index (Phi) is 5.40. The van der Waals surface area contributed by atoms with Crippen LogP contribution in [0, 0.1) is 0 Å². The minimum atomic E-state index is 0.317. The summed E-state index contributed by atoms with van der Waals surface area (Å²) in [5, 5.41) is 9.07. The predicted octanol–water partition coefficient (Wildman–Crippen LogP) is 13.3. The summed E-state index contributed by atoms with van der Waals surface area (Å²) in [5.74, 6) is 0.351. The fourth-order valence-corrected chi connectivity index (χ4v) is 9.60. The maximum Gasteiger partial charge on any atom is 0.0551 e. The van der Waals surface area contributed by atoms with Crippen molar-refractivity contribution in [2.75, 3.05) is 5.32 Å². The van der Waals surface area contributed by atoms with E-state index in [1.807, 2.05) is 0 Å². The zero-order chi connectivity index (χ0) is 33.2. The van der Waals surface area contributed by atoms with Gasteiger partial charge in [-0.25, -0.2) is 0 Å². The molecule has 0 fully saturated rings. The van der Waals surface area contributed by atoms with E-state index in [9.17, 15) is 0 Å². The van der Waals surface area contributed by atoms with Crippen LogP contribution in [-0.4, -0.2) is 6.04 Å². The third-order valence-corrected chi connectivity index (χ3v) is 11.9. The summed E-state index contributed by atoms with van der Waals surface area (Å²) in [6, 6.07) is 55.4. The third-order valence-electron chi connectivity index (χ3n) is 11.9. The number of nitrogens with one attached hydrogen (secondary N) is 1. The minimum Gasteiger partial charge on any atom is -0.378 e. The van der Waals surface area contributed by atoms with Crippen LogP contribution in [0.4, 0.5) is 5.69 Å². The Hall–Kier alpha value is -6.44. The van der Waals surface area contributed by atoms with E-state index in [-0.39, 0.29) is 0 Å². The van der Waals surface area contributed by atoms with Crippen molar-refractivity contribution in [2.45, 2.75) is 12.0 Å². The van der Waals surface area contributed by atoms with Crippen molar-refractivity contribution in [2.24, 2.45) is 0 Å². The Bertz CT molecular complexity index is 2690. The highest BCUT2D eigenvalue weighted by Gasteiger charge is 2.30. The molecule has 3 aliphatic carbocycles. The molecule has 0 saturated carbocycles. The molecule has 0 radical (unpaired) electrons. The maximum absolute atomic E-state index is 3.74. The van der Waals surface area contributed by atoms with Gasteiger partial charge in [-0.2, -0.15) is 0 Å². The van der Waals surface area contributed by atoms with Gasteiger partial charge in [0.15, 0.2) is 0 Å². The summed E-state index contributed by atoms with van der Waals surface area (Å²) < 4.78 is 0. The second-order valence-electron chi connectivity index (χ2n) is 14.4. The SMILES string of the molecule is C1=CC2Nc3ccc(-c4cc(-c5ccc6c7c(cccc57)-c5ccccc5-6)cc(-c5ccc6c7c(cccc57)-c5ccccc5-6)c4)cc3C2C=C1. The number of rotatable bonds is 3. The van der Waals surface area contributed by atoms with E-state index in [4.69, 9.17) is 0 Å². The largest absolute Gasteiger partial charge is 0.378 e. The Morgan fingerprint density at radius 1 is 0.353 bits per heavy atom. The van der Waals surface area contributed by atoms with Gasteiger partial charge in [0.1, 0.15) is 0 Å². The molecule has 51 heavy (non-hydrogen) atoms. The smallest absolute Gasteiger partial charge is 0.0551 e. The van der Waals surface area contributed by atoms with Crippen LogP contribution < -0.4 is 5.32 Å². The second-order valence-corrected chi connectivity index (χ2v) is 14.4. The van der Waals surface area contributed by atoms with Gasteiger partial charge in [-0.15, -0.1) is 0 Å². The number of hydrogen-bond acceptors (Lipinski definition) is 1. The monoisotopic (exact) mass is 645 g/mol. The molecular weight excluding hydrogens is 615 g/mol. The maximum atomic E-state index is 3.74. The highest BCUT2D eigenvalue weighted by Crippen LogP contribution is 2.52. The highest BCUT2D eigenvalue weighted by molar-refractivity contribution is 6.20. The topological polar surface area (TPSA) is 12.0 Å². The van der Waals surface area contributed by atoms with E-state index < -0.39 is 0 Å². The Morgan fingerprint density at radius 2 is 0.843 bits per heavy atom. The average molecular weight is 646 g/mol. The van der Waals surface area contributed by atoms with Crippen molar-refractivity contribution in [3.63, 3.8) is 0 Å². The summed E-state index contributed by atoms with van der Waals surface area (Å²) in [4.78, 5) is 0. The molecule has 1 N–H and O–H groups in total. The van der Waals surface area contributed by atoms with Crippen molar-refractivity contribution in [1.29, 1.82) is 0 Å². The second kappa shape index (κ2) is 10.1. The van der Waals surface area contributed by atoms with Gasteiger partial charge in [-0.05, 0) is 135 Å². The van der Waals surface area contributed by atoms with Crippen LogP contribution in [0.3, 0.4) is 0 Å². The third kappa shape index (κ3) is 3.75. The van der Waals surface area contributed by atoms with Crippen molar-refractivity contribution in [1.82, 2.24) is 0 Å². The molecule has 0 aromatic heterocycles. The lowest BCUT2D eigenvalue weighted by atomic mass is 9.86. The van der Waals surface area contributed by atoms with Gasteiger partial charge >= 0.3 is 0 Å². The normalized spacial score (nSPS) is 16.6. The number of hydrogen-bond donors (Lipinski definition) is 1. The van der Waals surface area contributed by atoms with Crippen LogP contribution in [0.1, 0.15) is 11.5 Å². The first-order valence-electron chi connectivity index (χ1n) is 18.0. The molecule has 1 aliphatic heterocycles. The fourth-order valence-electron chi connectivity index (χ4n) is 9.60. The summed E-state index contributed by atoms with van der Waals surface area (Å²) >= 11 is 0. The van der Waals surface area contributed by atoms with E-state index in [1.165, 1.54) is 111 Å². The van der Waals surface area contributed by atoms with Crippen LogP contribution in [0.2, 0.25) is 0 Å². The molecule has 0 bridgehead atoms. The standard InChI is InChI=1S/C50H31N/c1-3-11-37-35(9-1)42-16-7-14-40-33(20-22-44(37)49(40)42)31-25-30(29-19-24-48-46(28-29)39-13-5-6-18-47(39)51-48)26-32(27-31)34-21-23-45-38-12-4-2-10-36(38)43-17-8-15-41(34)50(43)45/h1-28,39,47,51H. The number of benzene rings is 8. The van der Waals surface area contributed by atoms with Crippen molar-refractivity contribution in [3.05, 3.63) is 175 Å². The van der Waals surface area contributed by atoms with Gasteiger partial charge < -0.3 is 5.32 Å². The highest BCUT2D eigenvalue weighted by atomic mass is 15.0. The Morgan fingerprint density at radius 3 is 1.43 bits per heavy atom. The van der Waals surface area contributed by atoms with Gasteiger partial charge in [-0.3, -0.25) is 0 Å². The van der Waals surface area contributed by atoms with Gasteiger partial charge in [0.05, 0.1) is 6.04 Å². The van der Waals surface area contributed by atoms with Crippen molar-refractivity contribution < 1.29 is 0 Å². The van der Waals surface area contributed by atoms with Crippen LogP contribution in [0.25, 0.3) is 99.4 Å². The van der Waals surface area contributed by atoms with Crippen LogP contribution in [0.15, 0.2) is 170 Å². The van der Waals surface area contributed by atoms with Gasteiger partial charge in [0.2, 0.25) is 0 Å². The Labute approximate surface area is 296 Å². The molecule has 4 aliphatic rings. The number of allylic oxidation sites excluding steroid dienone is 2. The first kappa shape index (κ1) is 27.4. The number of anilines is 1. The lowest BCUT2D eigenvalue weighted by Gasteiger charge is -2.17. The van der Waals surface area contributed by atoms with E-state index in [0.717, 1.165) is 0 Å². The van der Waals surface area contributed by atoms with E-state index in [2.05, 4.69) is 175 Å². The first-order chi connectivity index (χ1) is 25.3. The van der Waals surface area contributed by atoms with E-state index in [1.54, 1.807) is 0 Å². The molecule has 0 spiro atoms. The summed E-state index contributed by atoms with van der Waals surface area (Å²) in [7, 11) is 0. The summed E-state index contributed by atoms with van der Waals surface area (Å²) in [6.07, 6.45) is 8.96. The number of fused-ring (bicyclic) bond motifs is 9. The molecule has 12 rings (SSSR count). The van der Waals surface area contributed by atoms with Gasteiger partial charge in [0, 0.05) is 11.6 Å². The van der Waals surface area contributed by atoms with E-state index >= 15 is 0 Å².